The van der Waals surface area contributed by atoms with Crippen molar-refractivity contribution in [3.63, 3.8) is 0 Å². The molecule has 7 N–H and O–H groups in total. The standard InChI is InChI=1S/C28H54N4O7/c1-2-3-4-5-6-7-8-9-10-14-24(33)32-28(21-37-25(34)15-11-18-29,22-38-26(35)16-12-19-30)23-39-27(36)17-13-20-31/h2-23,29-31H2,1H3,(H,32,33). The second kappa shape index (κ2) is 24.8. The zero-order valence-electron chi connectivity index (χ0n) is 24.1. The SMILES string of the molecule is CCCCCCCCCCCC(=O)NC(COC(=O)CCCN)(COC(=O)CCCN)COC(=O)CCCN. The number of ether oxygens (including phenoxy) is 3. The van der Waals surface area contributed by atoms with Crippen LogP contribution in [0.2, 0.25) is 0 Å². The molecule has 228 valence electrons. The van der Waals surface area contributed by atoms with E-state index in [-0.39, 0.29) is 51.4 Å². The van der Waals surface area contributed by atoms with E-state index in [9.17, 15) is 19.2 Å². The Kier molecular flexibility index (Phi) is 23.4. The number of nitrogens with two attached hydrogens (primary N) is 3. The summed E-state index contributed by atoms with van der Waals surface area (Å²) >= 11 is 0. The van der Waals surface area contributed by atoms with Crippen LogP contribution in [0.5, 0.6) is 0 Å². The first-order valence-corrected chi connectivity index (χ1v) is 14.7. The number of carbonyl (C=O) groups excluding carboxylic acids is 4. The lowest BCUT2D eigenvalue weighted by molar-refractivity contribution is -0.159. The van der Waals surface area contributed by atoms with Crippen molar-refractivity contribution in [3.8, 4) is 0 Å². The highest BCUT2D eigenvalue weighted by Crippen LogP contribution is 2.14. The predicted octanol–water partition coefficient (Wildman–Crippen LogP) is 2.61. The first-order chi connectivity index (χ1) is 18.8. The largest absolute Gasteiger partial charge is 0.463 e. The molecule has 0 fully saturated rings. The van der Waals surface area contributed by atoms with Crippen molar-refractivity contribution in [2.75, 3.05) is 39.5 Å². The van der Waals surface area contributed by atoms with Gasteiger partial charge < -0.3 is 36.7 Å². The van der Waals surface area contributed by atoms with Crippen LogP contribution in [0.15, 0.2) is 0 Å². The van der Waals surface area contributed by atoms with Gasteiger partial charge in [-0.2, -0.15) is 0 Å². The summed E-state index contributed by atoms with van der Waals surface area (Å²) in [5.74, 6) is -1.84. The van der Waals surface area contributed by atoms with Gasteiger partial charge in [0.1, 0.15) is 25.4 Å². The fourth-order valence-electron chi connectivity index (χ4n) is 3.80. The van der Waals surface area contributed by atoms with Crippen molar-refractivity contribution in [2.45, 2.75) is 115 Å². The van der Waals surface area contributed by atoms with E-state index in [0.717, 1.165) is 19.3 Å². The van der Waals surface area contributed by atoms with Crippen LogP contribution in [-0.4, -0.2) is 68.8 Å². The lowest BCUT2D eigenvalue weighted by Crippen LogP contribution is -2.59. The zero-order valence-corrected chi connectivity index (χ0v) is 24.1. The van der Waals surface area contributed by atoms with Gasteiger partial charge in [0.2, 0.25) is 5.91 Å². The van der Waals surface area contributed by atoms with Gasteiger partial charge in [-0.15, -0.1) is 0 Å². The van der Waals surface area contributed by atoms with Crippen LogP contribution in [0.3, 0.4) is 0 Å². The minimum Gasteiger partial charge on any atom is -0.463 e. The summed E-state index contributed by atoms with van der Waals surface area (Å²) < 4.78 is 16.2. The first kappa shape index (κ1) is 36.8. The van der Waals surface area contributed by atoms with Crippen molar-refractivity contribution < 1.29 is 33.4 Å². The van der Waals surface area contributed by atoms with E-state index in [1.807, 2.05) is 0 Å². The maximum Gasteiger partial charge on any atom is 0.305 e. The second-order valence-electron chi connectivity index (χ2n) is 10.1. The molecule has 0 aromatic carbocycles. The van der Waals surface area contributed by atoms with Gasteiger partial charge in [-0.3, -0.25) is 19.2 Å². The van der Waals surface area contributed by atoms with Gasteiger partial charge >= 0.3 is 17.9 Å². The molecule has 0 atom stereocenters. The van der Waals surface area contributed by atoms with E-state index in [1.54, 1.807) is 0 Å². The number of esters is 3. The molecule has 0 aromatic rings. The van der Waals surface area contributed by atoms with Crippen molar-refractivity contribution in [1.82, 2.24) is 5.32 Å². The van der Waals surface area contributed by atoms with Gasteiger partial charge in [0, 0.05) is 25.7 Å². The Labute approximate surface area is 234 Å². The smallest absolute Gasteiger partial charge is 0.305 e. The number of hydrogen-bond acceptors (Lipinski definition) is 10. The Balaban J connectivity index is 5.23. The molecule has 0 unspecified atom stereocenters. The predicted molar refractivity (Wildman–Crippen MR) is 150 cm³/mol. The van der Waals surface area contributed by atoms with Crippen LogP contribution in [0.1, 0.15) is 110 Å². The lowest BCUT2D eigenvalue weighted by atomic mass is 10.0. The van der Waals surface area contributed by atoms with Crippen LogP contribution in [0.25, 0.3) is 0 Å². The Bertz CT molecular complexity index is 616. The molecule has 0 rings (SSSR count). The van der Waals surface area contributed by atoms with E-state index in [4.69, 9.17) is 31.4 Å². The van der Waals surface area contributed by atoms with Crippen LogP contribution in [0.4, 0.5) is 0 Å². The van der Waals surface area contributed by atoms with Crippen LogP contribution in [0, 0.1) is 0 Å². The quantitative estimate of drug-likeness (QED) is 0.0698. The third-order valence-corrected chi connectivity index (χ3v) is 6.20. The highest BCUT2D eigenvalue weighted by atomic mass is 16.6. The minimum atomic E-state index is -1.43. The molecule has 0 saturated carbocycles. The first-order valence-electron chi connectivity index (χ1n) is 14.7. The molecule has 0 radical (unpaired) electrons. The van der Waals surface area contributed by atoms with Crippen LogP contribution >= 0.6 is 0 Å². The average molecular weight is 559 g/mol. The monoisotopic (exact) mass is 558 g/mol. The fourth-order valence-corrected chi connectivity index (χ4v) is 3.80. The van der Waals surface area contributed by atoms with Gasteiger partial charge in [0.05, 0.1) is 0 Å². The third kappa shape index (κ3) is 21.3. The van der Waals surface area contributed by atoms with Gasteiger partial charge in [0.15, 0.2) is 0 Å². The lowest BCUT2D eigenvalue weighted by Gasteiger charge is -2.33. The van der Waals surface area contributed by atoms with Gasteiger partial charge in [0.25, 0.3) is 0 Å². The van der Waals surface area contributed by atoms with Crippen molar-refractivity contribution in [2.24, 2.45) is 17.2 Å². The topological polar surface area (TPSA) is 186 Å². The summed E-state index contributed by atoms with van der Waals surface area (Å²) in [5.41, 5.74) is 15.0. The Morgan fingerprint density at radius 2 is 0.897 bits per heavy atom. The molecule has 0 saturated heterocycles. The summed E-state index contributed by atoms with van der Waals surface area (Å²) in [6, 6.07) is 0. The molecule has 0 aromatic heterocycles. The average Bonchev–Trinajstić information content (AvgIpc) is 2.93. The number of nitrogens with one attached hydrogen (secondary N) is 1. The van der Waals surface area contributed by atoms with Crippen LogP contribution < -0.4 is 22.5 Å². The Hall–Kier alpha value is -2.24. The molecule has 39 heavy (non-hydrogen) atoms. The summed E-state index contributed by atoms with van der Waals surface area (Å²) in [5, 5.41) is 2.85. The summed E-state index contributed by atoms with van der Waals surface area (Å²) in [7, 11) is 0. The van der Waals surface area contributed by atoms with E-state index in [1.165, 1.54) is 32.1 Å². The number of hydrogen-bond donors (Lipinski definition) is 4. The van der Waals surface area contributed by atoms with Gasteiger partial charge in [-0.25, -0.2) is 0 Å². The zero-order chi connectivity index (χ0) is 29.2. The van der Waals surface area contributed by atoms with E-state index in [0.29, 0.717) is 45.3 Å². The highest BCUT2D eigenvalue weighted by Gasteiger charge is 2.37. The highest BCUT2D eigenvalue weighted by molar-refractivity contribution is 5.77. The van der Waals surface area contributed by atoms with Crippen molar-refractivity contribution in [3.05, 3.63) is 0 Å². The molecule has 11 heteroatoms. The maximum absolute atomic E-state index is 12.9. The summed E-state index contributed by atoms with van der Waals surface area (Å²) in [4.78, 5) is 49.6. The molecule has 0 aliphatic heterocycles. The maximum atomic E-state index is 12.9. The Morgan fingerprint density at radius 3 is 1.26 bits per heavy atom. The van der Waals surface area contributed by atoms with Gasteiger partial charge in [-0.1, -0.05) is 58.3 Å². The fraction of sp³-hybridized carbons (Fsp3) is 0.857. The molecule has 11 nitrogen and oxygen atoms in total. The molecule has 0 spiro atoms. The van der Waals surface area contributed by atoms with Crippen LogP contribution in [-0.2, 0) is 33.4 Å². The summed E-state index contributed by atoms with van der Waals surface area (Å²) in [6.45, 7) is 2.20. The second-order valence-corrected chi connectivity index (χ2v) is 10.1. The number of carbonyl (C=O) groups is 4. The van der Waals surface area contributed by atoms with E-state index >= 15 is 0 Å². The summed E-state index contributed by atoms with van der Waals surface area (Å²) in [6.07, 6.45) is 11.9. The Morgan fingerprint density at radius 1 is 0.538 bits per heavy atom. The number of rotatable bonds is 26. The molecular formula is C28H54N4O7. The molecule has 0 aliphatic rings. The number of unbranched alkanes of at least 4 members (excludes halogenated alkanes) is 8. The van der Waals surface area contributed by atoms with Crippen molar-refractivity contribution >= 4 is 23.8 Å². The van der Waals surface area contributed by atoms with Gasteiger partial charge in [-0.05, 0) is 45.3 Å². The van der Waals surface area contributed by atoms with Crippen molar-refractivity contribution in [1.29, 1.82) is 0 Å². The van der Waals surface area contributed by atoms with E-state index in [2.05, 4.69) is 12.2 Å². The molecular weight excluding hydrogens is 504 g/mol. The molecule has 0 bridgehead atoms. The van der Waals surface area contributed by atoms with E-state index < -0.39 is 23.4 Å². The minimum absolute atomic E-state index is 0.103. The third-order valence-electron chi connectivity index (χ3n) is 6.20. The molecule has 1 amide bonds. The molecule has 0 heterocycles. The number of amides is 1. The normalized spacial score (nSPS) is 11.2. The molecule has 0 aliphatic carbocycles.